The Hall–Kier alpha value is -4.78. The molecule has 2 heterocycles. The van der Waals surface area contributed by atoms with Crippen LogP contribution >= 0.6 is 0 Å². The number of non-ortho nitro benzene ring substituents is 1. The van der Waals surface area contributed by atoms with Gasteiger partial charge in [0.25, 0.3) is 5.69 Å². The molecular weight excluding hydrogens is 420 g/mol. The highest BCUT2D eigenvalue weighted by Crippen LogP contribution is 2.29. The molecule has 0 atom stereocenters. The van der Waals surface area contributed by atoms with Crippen LogP contribution in [0.4, 0.5) is 5.69 Å². The molecule has 0 radical (unpaired) electrons. The maximum atomic E-state index is 12.8. The monoisotopic (exact) mass is 436 g/mol. The van der Waals surface area contributed by atoms with E-state index in [2.05, 4.69) is 5.16 Å². The van der Waals surface area contributed by atoms with Crippen LogP contribution in [0.1, 0.15) is 16.1 Å². The lowest BCUT2D eigenvalue weighted by molar-refractivity contribution is -0.384. The number of rotatable bonds is 6. The molecule has 0 spiro atoms. The molecule has 160 valence electrons. The number of benzene rings is 3. The first-order chi connectivity index (χ1) is 16.1. The van der Waals surface area contributed by atoms with Gasteiger partial charge >= 0.3 is 0 Å². The largest absolute Gasteiger partial charge is 0.457 e. The third kappa shape index (κ3) is 4.07. The van der Waals surface area contributed by atoms with Crippen LogP contribution in [0.3, 0.4) is 0 Å². The maximum Gasteiger partial charge on any atom is 0.269 e. The fourth-order valence-electron chi connectivity index (χ4n) is 3.49. The van der Waals surface area contributed by atoms with Crippen molar-refractivity contribution >= 4 is 28.4 Å². The lowest BCUT2D eigenvalue weighted by atomic mass is 10.0. The van der Waals surface area contributed by atoms with Gasteiger partial charge in [0.15, 0.2) is 11.5 Å². The van der Waals surface area contributed by atoms with Gasteiger partial charge < -0.3 is 8.94 Å². The number of allylic oxidation sites excluding steroid dienone is 1. The number of nitro groups is 1. The van der Waals surface area contributed by atoms with Crippen LogP contribution in [0.25, 0.3) is 39.6 Å². The molecule has 5 rings (SSSR count). The van der Waals surface area contributed by atoms with E-state index < -0.39 is 4.92 Å². The molecule has 33 heavy (non-hydrogen) atoms. The normalized spacial score (nSPS) is 11.3. The van der Waals surface area contributed by atoms with Crippen LogP contribution in [0, 0.1) is 10.1 Å². The van der Waals surface area contributed by atoms with Crippen molar-refractivity contribution in [1.82, 2.24) is 5.16 Å². The molecular formula is C26H16N2O5. The van der Waals surface area contributed by atoms with Crippen LogP contribution in [-0.4, -0.2) is 15.9 Å². The number of nitro benzene ring substituents is 1. The Morgan fingerprint density at radius 1 is 0.909 bits per heavy atom. The van der Waals surface area contributed by atoms with Gasteiger partial charge in [0, 0.05) is 28.8 Å². The van der Waals surface area contributed by atoms with Crippen LogP contribution in [-0.2, 0) is 0 Å². The summed E-state index contributed by atoms with van der Waals surface area (Å²) in [6.45, 7) is 0. The van der Waals surface area contributed by atoms with E-state index in [0.717, 1.165) is 10.9 Å². The number of furan rings is 1. The number of carbonyl (C=O) groups excluding carboxylic acids is 1. The molecule has 0 saturated heterocycles. The molecule has 5 aromatic rings. The molecule has 0 amide bonds. The summed E-state index contributed by atoms with van der Waals surface area (Å²) in [5.41, 5.74) is 2.78. The average Bonchev–Trinajstić information content (AvgIpc) is 3.50. The van der Waals surface area contributed by atoms with E-state index in [1.165, 1.54) is 18.2 Å². The predicted molar refractivity (Wildman–Crippen MR) is 124 cm³/mol. The SMILES string of the molecule is O=C(C=Cc1ccc(-c2ccc([N+](=O)[O-])cc2)o1)c1ccc2noc(-c3ccccc3)c2c1. The topological polar surface area (TPSA) is 99.4 Å². The van der Waals surface area contributed by atoms with Crippen LogP contribution in [0.2, 0.25) is 0 Å². The Balaban J connectivity index is 1.36. The zero-order chi connectivity index (χ0) is 22.8. The van der Waals surface area contributed by atoms with Gasteiger partial charge in [-0.2, -0.15) is 0 Å². The summed E-state index contributed by atoms with van der Waals surface area (Å²) in [6, 6.07) is 24.4. The van der Waals surface area contributed by atoms with E-state index in [4.69, 9.17) is 8.94 Å². The van der Waals surface area contributed by atoms with Crippen molar-refractivity contribution < 1.29 is 18.7 Å². The first-order valence-corrected chi connectivity index (χ1v) is 10.1. The molecule has 0 aliphatic rings. The molecule has 3 aromatic carbocycles. The summed E-state index contributed by atoms with van der Waals surface area (Å²) in [6.07, 6.45) is 3.03. The summed E-state index contributed by atoms with van der Waals surface area (Å²) < 4.78 is 11.3. The first kappa shape index (κ1) is 20.1. The van der Waals surface area contributed by atoms with Crippen molar-refractivity contribution in [2.45, 2.75) is 0 Å². The average molecular weight is 436 g/mol. The van der Waals surface area contributed by atoms with Crippen molar-refractivity contribution in [1.29, 1.82) is 0 Å². The van der Waals surface area contributed by atoms with Gasteiger partial charge in [0.1, 0.15) is 17.0 Å². The highest BCUT2D eigenvalue weighted by molar-refractivity contribution is 6.09. The lowest BCUT2D eigenvalue weighted by Gasteiger charge is -1.99. The Kier molecular flexibility index (Phi) is 5.12. The standard InChI is InChI=1S/C26H16N2O5/c29-24(14-11-21-12-15-25(32-21)17-6-9-20(10-7-17)28(30)31)19-8-13-23-22(16-19)26(33-27-23)18-4-2-1-3-5-18/h1-16H. The molecule has 0 aliphatic heterocycles. The molecule has 0 fully saturated rings. The highest BCUT2D eigenvalue weighted by atomic mass is 16.6. The second kappa shape index (κ2) is 8.39. The van der Waals surface area contributed by atoms with Crippen molar-refractivity contribution in [2.75, 3.05) is 0 Å². The Morgan fingerprint density at radius 2 is 1.70 bits per heavy atom. The van der Waals surface area contributed by atoms with Gasteiger partial charge in [-0.15, -0.1) is 0 Å². The molecule has 0 aliphatic carbocycles. The predicted octanol–water partition coefficient (Wildman–Crippen LogP) is 6.56. The number of hydrogen-bond acceptors (Lipinski definition) is 6. The van der Waals surface area contributed by atoms with E-state index in [1.807, 2.05) is 30.3 Å². The van der Waals surface area contributed by atoms with Gasteiger partial charge in [-0.25, -0.2) is 0 Å². The van der Waals surface area contributed by atoms with Crippen molar-refractivity contribution in [2.24, 2.45) is 0 Å². The zero-order valence-electron chi connectivity index (χ0n) is 17.2. The van der Waals surface area contributed by atoms with E-state index in [9.17, 15) is 14.9 Å². The Labute approximate surface area is 187 Å². The number of aromatic nitrogens is 1. The maximum absolute atomic E-state index is 12.8. The number of hydrogen-bond donors (Lipinski definition) is 0. The zero-order valence-corrected chi connectivity index (χ0v) is 17.2. The molecule has 2 aromatic heterocycles. The quantitative estimate of drug-likeness (QED) is 0.129. The van der Waals surface area contributed by atoms with E-state index in [1.54, 1.807) is 48.5 Å². The fourth-order valence-corrected chi connectivity index (χ4v) is 3.49. The van der Waals surface area contributed by atoms with Crippen LogP contribution in [0.15, 0.2) is 99.9 Å². The minimum absolute atomic E-state index is 0.0104. The third-order valence-corrected chi connectivity index (χ3v) is 5.19. The van der Waals surface area contributed by atoms with Gasteiger partial charge in [0.05, 0.1) is 10.3 Å². The molecule has 0 saturated carbocycles. The second-order valence-corrected chi connectivity index (χ2v) is 7.31. The number of ketones is 1. The molecule has 0 bridgehead atoms. The Bertz CT molecular complexity index is 1500. The summed E-state index contributed by atoms with van der Waals surface area (Å²) in [5.74, 6) is 1.47. The number of nitrogens with zero attached hydrogens (tertiary/aromatic N) is 2. The third-order valence-electron chi connectivity index (χ3n) is 5.19. The van der Waals surface area contributed by atoms with E-state index in [-0.39, 0.29) is 11.5 Å². The summed E-state index contributed by atoms with van der Waals surface area (Å²) >= 11 is 0. The molecule has 7 nitrogen and oxygen atoms in total. The minimum Gasteiger partial charge on any atom is -0.457 e. The first-order valence-electron chi connectivity index (χ1n) is 10.1. The van der Waals surface area contributed by atoms with Crippen LogP contribution in [0.5, 0.6) is 0 Å². The second-order valence-electron chi connectivity index (χ2n) is 7.31. The van der Waals surface area contributed by atoms with Crippen molar-refractivity contribution in [3.63, 3.8) is 0 Å². The molecule has 0 unspecified atom stereocenters. The van der Waals surface area contributed by atoms with Gasteiger partial charge in [0.2, 0.25) is 0 Å². The van der Waals surface area contributed by atoms with Gasteiger partial charge in [-0.05, 0) is 54.6 Å². The van der Waals surface area contributed by atoms with Gasteiger partial charge in [-0.3, -0.25) is 14.9 Å². The number of carbonyl (C=O) groups is 1. The van der Waals surface area contributed by atoms with Crippen LogP contribution < -0.4 is 0 Å². The van der Waals surface area contributed by atoms with Gasteiger partial charge in [-0.1, -0.05) is 35.5 Å². The minimum atomic E-state index is -0.453. The lowest BCUT2D eigenvalue weighted by Crippen LogP contribution is -1.93. The summed E-state index contributed by atoms with van der Waals surface area (Å²) in [7, 11) is 0. The highest BCUT2D eigenvalue weighted by Gasteiger charge is 2.13. The number of fused-ring (bicyclic) bond motifs is 1. The van der Waals surface area contributed by atoms with Crippen molar-refractivity contribution in [3.8, 4) is 22.6 Å². The summed E-state index contributed by atoms with van der Waals surface area (Å²) in [4.78, 5) is 23.1. The summed E-state index contributed by atoms with van der Waals surface area (Å²) in [5, 5.41) is 15.6. The van der Waals surface area contributed by atoms with Crippen molar-refractivity contribution in [3.05, 3.63) is 112 Å². The molecule has 7 heteroatoms. The smallest absolute Gasteiger partial charge is 0.269 e. The Morgan fingerprint density at radius 3 is 2.45 bits per heavy atom. The fraction of sp³-hybridized carbons (Fsp3) is 0. The van der Waals surface area contributed by atoms with E-state index in [0.29, 0.717) is 33.9 Å². The molecule has 0 N–H and O–H groups in total. The van der Waals surface area contributed by atoms with E-state index >= 15 is 0 Å².